The van der Waals surface area contributed by atoms with Crippen molar-refractivity contribution < 1.29 is 9.18 Å². The minimum atomic E-state index is -0.380. The van der Waals surface area contributed by atoms with Crippen molar-refractivity contribution in [2.75, 3.05) is 11.9 Å². The van der Waals surface area contributed by atoms with E-state index in [0.29, 0.717) is 5.69 Å². The number of benzene rings is 2. The number of hydrogen-bond acceptors (Lipinski definition) is 3. The fourth-order valence-corrected chi connectivity index (χ4v) is 2.83. The van der Waals surface area contributed by atoms with E-state index in [9.17, 15) is 9.18 Å². The lowest BCUT2D eigenvalue weighted by Crippen LogP contribution is -2.27. The van der Waals surface area contributed by atoms with Gasteiger partial charge in [0.05, 0.1) is 17.9 Å². The zero-order valence-corrected chi connectivity index (χ0v) is 13.4. The van der Waals surface area contributed by atoms with Crippen molar-refractivity contribution in [1.82, 2.24) is 5.43 Å². The summed E-state index contributed by atoms with van der Waals surface area (Å²) in [6.45, 7) is -0.0284. The van der Waals surface area contributed by atoms with E-state index in [-0.39, 0.29) is 18.3 Å². The Kier molecular flexibility index (Phi) is 5.21. The molecule has 0 unspecified atom stereocenters. The van der Waals surface area contributed by atoms with E-state index in [2.05, 4.69) is 21.9 Å². The Labute approximate surface area is 140 Å². The molecule has 2 N–H and O–H groups in total. The number of halogens is 1. The molecule has 0 saturated heterocycles. The standard InChI is InChI=1S/C19H20FN3O/c20-16-10-4-6-12-18(16)21-13-19(24)23-22-17-11-5-2-8-14-7-1-3-9-15(14)17/h1,3-4,6-7,9-10,12,21H,2,5,8,11,13H2,(H,23,24). The summed E-state index contributed by atoms with van der Waals surface area (Å²) < 4.78 is 13.5. The highest BCUT2D eigenvalue weighted by Crippen LogP contribution is 2.20. The van der Waals surface area contributed by atoms with Crippen molar-refractivity contribution in [3.05, 3.63) is 65.5 Å². The van der Waals surface area contributed by atoms with Crippen molar-refractivity contribution >= 4 is 17.3 Å². The summed E-state index contributed by atoms with van der Waals surface area (Å²) in [5.41, 5.74) is 6.16. The maximum absolute atomic E-state index is 13.5. The Balaban J connectivity index is 1.63. The van der Waals surface area contributed by atoms with Crippen LogP contribution in [0.25, 0.3) is 0 Å². The second kappa shape index (κ2) is 7.73. The first-order chi connectivity index (χ1) is 11.7. The first kappa shape index (κ1) is 16.2. The van der Waals surface area contributed by atoms with Crippen LogP contribution in [0.4, 0.5) is 10.1 Å². The molecular weight excluding hydrogens is 305 g/mol. The predicted octanol–water partition coefficient (Wildman–Crippen LogP) is 3.48. The topological polar surface area (TPSA) is 53.5 Å². The lowest BCUT2D eigenvalue weighted by Gasteiger charge is -2.09. The number of fused-ring (bicyclic) bond motifs is 1. The van der Waals surface area contributed by atoms with Crippen molar-refractivity contribution in [2.24, 2.45) is 5.10 Å². The van der Waals surface area contributed by atoms with Gasteiger partial charge in [-0.05, 0) is 43.4 Å². The van der Waals surface area contributed by atoms with Crippen LogP contribution in [0.5, 0.6) is 0 Å². The van der Waals surface area contributed by atoms with Crippen molar-refractivity contribution in [2.45, 2.75) is 25.7 Å². The number of anilines is 1. The number of amides is 1. The normalized spacial score (nSPS) is 15.5. The highest BCUT2D eigenvalue weighted by molar-refractivity contribution is 6.02. The number of hydrogen-bond donors (Lipinski definition) is 2. The molecule has 0 saturated carbocycles. The monoisotopic (exact) mass is 325 g/mol. The summed E-state index contributed by atoms with van der Waals surface area (Å²) in [5, 5.41) is 7.08. The van der Waals surface area contributed by atoms with E-state index < -0.39 is 0 Å². The third-order valence-electron chi connectivity index (χ3n) is 4.07. The molecule has 3 rings (SSSR count). The van der Waals surface area contributed by atoms with Crippen LogP contribution in [-0.4, -0.2) is 18.2 Å². The zero-order valence-electron chi connectivity index (χ0n) is 13.4. The van der Waals surface area contributed by atoms with Gasteiger partial charge in [0.25, 0.3) is 5.91 Å². The van der Waals surface area contributed by atoms with E-state index >= 15 is 0 Å². The molecule has 1 aliphatic carbocycles. The number of aryl methyl sites for hydroxylation is 1. The van der Waals surface area contributed by atoms with Crippen LogP contribution in [0, 0.1) is 5.82 Å². The van der Waals surface area contributed by atoms with Crippen LogP contribution in [0.2, 0.25) is 0 Å². The van der Waals surface area contributed by atoms with Crippen LogP contribution in [0.15, 0.2) is 53.6 Å². The second-order valence-electron chi connectivity index (χ2n) is 5.79. The number of hydrazone groups is 1. The van der Waals surface area contributed by atoms with E-state index in [4.69, 9.17) is 0 Å². The number of nitrogens with zero attached hydrogens (tertiary/aromatic N) is 1. The number of carbonyl (C=O) groups is 1. The minimum absolute atomic E-state index is 0.0284. The van der Waals surface area contributed by atoms with Gasteiger partial charge in [-0.1, -0.05) is 36.4 Å². The highest BCUT2D eigenvalue weighted by atomic mass is 19.1. The van der Waals surface area contributed by atoms with Crippen LogP contribution in [0.1, 0.15) is 30.4 Å². The Morgan fingerprint density at radius 2 is 1.79 bits per heavy atom. The molecule has 5 heteroatoms. The molecule has 24 heavy (non-hydrogen) atoms. The molecule has 1 aliphatic rings. The first-order valence-electron chi connectivity index (χ1n) is 8.16. The summed E-state index contributed by atoms with van der Waals surface area (Å²) in [7, 11) is 0. The Hall–Kier alpha value is -2.69. The molecule has 2 aromatic carbocycles. The highest BCUT2D eigenvalue weighted by Gasteiger charge is 2.13. The molecule has 124 valence electrons. The van der Waals surface area contributed by atoms with Gasteiger partial charge in [-0.25, -0.2) is 9.82 Å². The molecule has 0 fully saturated rings. The van der Waals surface area contributed by atoms with Gasteiger partial charge in [-0.15, -0.1) is 0 Å². The number of para-hydroxylation sites is 1. The Morgan fingerprint density at radius 1 is 1.04 bits per heavy atom. The van der Waals surface area contributed by atoms with Gasteiger partial charge in [-0.2, -0.15) is 5.10 Å². The summed E-state index contributed by atoms with van der Waals surface area (Å²) in [5.74, 6) is -0.679. The Bertz CT molecular complexity index is 758. The van der Waals surface area contributed by atoms with Gasteiger partial charge >= 0.3 is 0 Å². The number of carbonyl (C=O) groups excluding carboxylic acids is 1. The molecule has 0 spiro atoms. The molecule has 0 bridgehead atoms. The van der Waals surface area contributed by atoms with E-state index in [0.717, 1.165) is 37.0 Å². The SMILES string of the molecule is O=C(CNc1ccccc1F)NN=C1CCCCc2ccccc21. The number of nitrogens with one attached hydrogen (secondary N) is 2. The van der Waals surface area contributed by atoms with Gasteiger partial charge in [0, 0.05) is 5.56 Å². The molecule has 0 aliphatic heterocycles. The van der Waals surface area contributed by atoms with Gasteiger partial charge in [0.1, 0.15) is 5.82 Å². The van der Waals surface area contributed by atoms with Crippen LogP contribution in [-0.2, 0) is 11.2 Å². The molecule has 0 heterocycles. The van der Waals surface area contributed by atoms with Crippen molar-refractivity contribution in [1.29, 1.82) is 0 Å². The summed E-state index contributed by atoms with van der Waals surface area (Å²) in [6, 6.07) is 14.4. The molecule has 1 amide bonds. The van der Waals surface area contributed by atoms with E-state index in [1.165, 1.54) is 11.6 Å². The predicted molar refractivity (Wildman–Crippen MR) is 93.6 cm³/mol. The van der Waals surface area contributed by atoms with E-state index in [1.54, 1.807) is 18.2 Å². The molecule has 0 radical (unpaired) electrons. The smallest absolute Gasteiger partial charge is 0.259 e. The Morgan fingerprint density at radius 3 is 2.67 bits per heavy atom. The number of rotatable bonds is 4. The molecule has 0 aromatic heterocycles. The third kappa shape index (κ3) is 3.98. The van der Waals surface area contributed by atoms with Crippen molar-refractivity contribution in [3.63, 3.8) is 0 Å². The summed E-state index contributed by atoms with van der Waals surface area (Å²) in [4.78, 5) is 12.0. The minimum Gasteiger partial charge on any atom is -0.374 e. The third-order valence-corrected chi connectivity index (χ3v) is 4.07. The lowest BCUT2D eigenvalue weighted by molar-refractivity contribution is -0.119. The average molecular weight is 325 g/mol. The lowest BCUT2D eigenvalue weighted by atomic mass is 10.0. The fraction of sp³-hybridized carbons (Fsp3) is 0.263. The zero-order chi connectivity index (χ0) is 16.8. The largest absolute Gasteiger partial charge is 0.374 e. The average Bonchev–Trinajstić information content (AvgIpc) is 2.81. The maximum atomic E-state index is 13.5. The van der Waals surface area contributed by atoms with Crippen LogP contribution in [0.3, 0.4) is 0 Å². The molecule has 2 aromatic rings. The summed E-state index contributed by atoms with van der Waals surface area (Å²) >= 11 is 0. The molecule has 0 atom stereocenters. The van der Waals surface area contributed by atoms with Crippen molar-refractivity contribution in [3.8, 4) is 0 Å². The fourth-order valence-electron chi connectivity index (χ4n) is 2.83. The van der Waals surface area contributed by atoms with Gasteiger partial charge < -0.3 is 5.32 Å². The van der Waals surface area contributed by atoms with Crippen LogP contribution >= 0.6 is 0 Å². The quantitative estimate of drug-likeness (QED) is 0.668. The van der Waals surface area contributed by atoms with E-state index in [1.807, 2.05) is 18.2 Å². The molecular formula is C19H20FN3O. The summed E-state index contributed by atoms with van der Waals surface area (Å²) in [6.07, 6.45) is 4.06. The van der Waals surface area contributed by atoms with Gasteiger partial charge in [0.2, 0.25) is 0 Å². The molecule has 4 nitrogen and oxygen atoms in total. The maximum Gasteiger partial charge on any atom is 0.259 e. The first-order valence-corrected chi connectivity index (χ1v) is 8.16. The van der Waals surface area contributed by atoms with Gasteiger partial charge in [-0.3, -0.25) is 4.79 Å². The van der Waals surface area contributed by atoms with Gasteiger partial charge in [0.15, 0.2) is 0 Å². The second-order valence-corrected chi connectivity index (χ2v) is 5.79. The van der Waals surface area contributed by atoms with Crippen LogP contribution < -0.4 is 10.7 Å².